The van der Waals surface area contributed by atoms with Gasteiger partial charge in [-0.2, -0.15) is 5.10 Å². The number of thiophene rings is 1. The van der Waals surface area contributed by atoms with E-state index in [9.17, 15) is 9.59 Å². The normalized spacial score (nSPS) is 14.5. The van der Waals surface area contributed by atoms with Crippen LogP contribution in [0.15, 0.2) is 90.3 Å². The van der Waals surface area contributed by atoms with Crippen LogP contribution < -0.4 is 16.0 Å². The second-order valence-electron chi connectivity index (χ2n) is 13.2. The lowest BCUT2D eigenvalue weighted by atomic mass is 9.77. The van der Waals surface area contributed by atoms with Crippen molar-refractivity contribution in [3.8, 4) is 16.8 Å². The summed E-state index contributed by atoms with van der Waals surface area (Å²) in [5, 5.41) is 16.9. The third-order valence-electron chi connectivity index (χ3n) is 8.68. The van der Waals surface area contributed by atoms with E-state index >= 15 is 0 Å². The largest absolute Gasteiger partial charge is 0.324 e. The molecule has 1 atom stereocenters. The Kier molecular flexibility index (Phi) is 9.64. The third kappa shape index (κ3) is 7.67. The van der Waals surface area contributed by atoms with Crippen molar-refractivity contribution in [2.75, 3.05) is 23.7 Å². The summed E-state index contributed by atoms with van der Waals surface area (Å²) in [4.78, 5) is 28.1. The molecule has 1 saturated heterocycles. The summed E-state index contributed by atoms with van der Waals surface area (Å²) in [5.74, 6) is 0.681. The van der Waals surface area contributed by atoms with Crippen LogP contribution >= 0.6 is 22.9 Å². The lowest BCUT2D eigenvalue weighted by Gasteiger charge is -2.30. The molecular weight excluding hydrogens is 626 g/mol. The van der Waals surface area contributed by atoms with E-state index in [0.717, 1.165) is 64.4 Å². The van der Waals surface area contributed by atoms with Crippen LogP contribution in [0.2, 0.25) is 5.02 Å². The number of carbonyl (C=O) groups excluding carboxylic acids is 2. The Morgan fingerprint density at radius 2 is 1.60 bits per heavy atom. The van der Waals surface area contributed by atoms with Gasteiger partial charge in [-0.1, -0.05) is 74.3 Å². The summed E-state index contributed by atoms with van der Waals surface area (Å²) in [6, 6.07) is 27.0. The number of nitrogens with zero attached hydrogens (tertiary/aromatic N) is 2. The van der Waals surface area contributed by atoms with Crippen LogP contribution in [-0.2, 0) is 5.41 Å². The first-order chi connectivity index (χ1) is 22.5. The van der Waals surface area contributed by atoms with E-state index in [-0.39, 0.29) is 29.1 Å². The third-order valence-corrected chi connectivity index (χ3v) is 9.88. The molecule has 5 aromatic rings. The number of rotatable bonds is 8. The molecule has 6 rings (SSSR count). The first-order valence-corrected chi connectivity index (χ1v) is 17.3. The summed E-state index contributed by atoms with van der Waals surface area (Å²) < 4.78 is 1.76. The van der Waals surface area contributed by atoms with E-state index in [1.54, 1.807) is 4.68 Å². The number of nitrogens with one attached hydrogen (secondary N) is 3. The molecule has 0 radical (unpaired) electrons. The van der Waals surface area contributed by atoms with Crippen LogP contribution in [0.4, 0.5) is 16.3 Å². The Bertz CT molecular complexity index is 1850. The molecule has 0 spiro atoms. The van der Waals surface area contributed by atoms with Crippen LogP contribution in [-0.4, -0.2) is 34.7 Å². The molecule has 242 valence electrons. The summed E-state index contributed by atoms with van der Waals surface area (Å²) in [7, 11) is 0. The highest BCUT2D eigenvalue weighted by atomic mass is 35.5. The van der Waals surface area contributed by atoms with Gasteiger partial charge in [0.25, 0.3) is 0 Å². The van der Waals surface area contributed by atoms with Crippen molar-refractivity contribution >= 4 is 46.3 Å². The fourth-order valence-corrected chi connectivity index (χ4v) is 7.02. The van der Waals surface area contributed by atoms with Crippen LogP contribution in [0.5, 0.6) is 0 Å². The van der Waals surface area contributed by atoms with Crippen molar-refractivity contribution < 1.29 is 9.59 Å². The maximum absolute atomic E-state index is 14.1. The number of halogens is 1. The van der Waals surface area contributed by atoms with Crippen molar-refractivity contribution in [1.82, 2.24) is 15.1 Å². The number of aromatic nitrogens is 2. The van der Waals surface area contributed by atoms with Crippen LogP contribution in [0.1, 0.15) is 66.0 Å². The molecule has 2 aromatic heterocycles. The Hall–Kier alpha value is -4.24. The minimum Gasteiger partial charge on any atom is -0.317 e. The topological polar surface area (TPSA) is 88.1 Å². The van der Waals surface area contributed by atoms with Gasteiger partial charge in [0, 0.05) is 22.2 Å². The highest BCUT2D eigenvalue weighted by molar-refractivity contribution is 7.12. The summed E-state index contributed by atoms with van der Waals surface area (Å²) in [6.07, 6.45) is 1.86. The molecule has 3 heterocycles. The maximum Gasteiger partial charge on any atom is 0.324 e. The van der Waals surface area contributed by atoms with Crippen molar-refractivity contribution in [3.05, 3.63) is 117 Å². The van der Waals surface area contributed by atoms with E-state index in [2.05, 4.69) is 36.7 Å². The molecule has 0 bridgehead atoms. The zero-order valence-corrected chi connectivity index (χ0v) is 28.7. The summed E-state index contributed by atoms with van der Waals surface area (Å²) >= 11 is 7.58. The zero-order valence-electron chi connectivity index (χ0n) is 27.1. The molecule has 47 heavy (non-hydrogen) atoms. The van der Waals surface area contributed by atoms with Gasteiger partial charge in [-0.3, -0.25) is 10.1 Å². The second-order valence-corrected chi connectivity index (χ2v) is 14.6. The number of piperidine rings is 1. The fraction of sp³-hybridized carbons (Fsp3) is 0.289. The highest BCUT2D eigenvalue weighted by Gasteiger charge is 2.32. The molecule has 1 fully saturated rings. The molecular formula is C38H40ClN5O2S. The number of amides is 2. The van der Waals surface area contributed by atoms with E-state index in [4.69, 9.17) is 16.7 Å². The molecule has 1 aliphatic rings. The average Bonchev–Trinajstić information content (AvgIpc) is 3.72. The number of anilines is 2. The van der Waals surface area contributed by atoms with Crippen LogP contribution in [0.3, 0.4) is 0 Å². The number of hydrogen-bond acceptors (Lipinski definition) is 5. The SMILES string of the molecule is Cc1ccc(-n2nc(C(C)(C)C)cc2NC(=O)Nc2ccc(C(C(=O)c3cc(-c4ccc(Cl)cc4)cs3)C3CCNCC3)cc2)cc1. The Morgan fingerprint density at radius 3 is 2.26 bits per heavy atom. The van der Waals surface area contributed by atoms with Gasteiger partial charge in [0.05, 0.1) is 22.2 Å². The standard InChI is InChI=1S/C38H40ClN5O2S/c1-24-5-15-31(16-6-24)44-34(22-33(43-44)38(2,3)4)42-37(46)41-30-13-9-26(10-14-30)35(27-17-19-40-20-18-27)36(45)32-21-28(23-47-32)25-7-11-29(39)12-8-25/h5-16,21-23,27,35,40H,17-20H2,1-4H3,(H2,41,42,46). The van der Waals surface area contributed by atoms with Gasteiger partial charge >= 0.3 is 6.03 Å². The molecule has 0 saturated carbocycles. The van der Waals surface area contributed by atoms with Crippen molar-refractivity contribution in [1.29, 1.82) is 0 Å². The summed E-state index contributed by atoms with van der Waals surface area (Å²) in [6.45, 7) is 10.1. The number of Topliss-reactive ketones (excluding diaryl/α,β-unsaturated/α-hetero) is 1. The summed E-state index contributed by atoms with van der Waals surface area (Å²) in [5.41, 5.74) is 6.35. The smallest absolute Gasteiger partial charge is 0.317 e. The van der Waals surface area contributed by atoms with Crippen LogP contribution in [0.25, 0.3) is 16.8 Å². The van der Waals surface area contributed by atoms with Gasteiger partial charge in [0.1, 0.15) is 5.82 Å². The molecule has 9 heteroatoms. The first-order valence-electron chi connectivity index (χ1n) is 16.0. The van der Waals surface area contributed by atoms with Gasteiger partial charge in [-0.15, -0.1) is 11.3 Å². The second kappa shape index (κ2) is 13.9. The predicted molar refractivity (Wildman–Crippen MR) is 194 cm³/mol. The Labute approximate surface area is 285 Å². The van der Waals surface area contributed by atoms with Gasteiger partial charge in [-0.25, -0.2) is 9.48 Å². The number of benzene rings is 3. The fourth-order valence-electron chi connectivity index (χ4n) is 6.00. The number of urea groups is 1. The van der Waals surface area contributed by atoms with E-state index in [1.807, 2.05) is 97.2 Å². The maximum atomic E-state index is 14.1. The molecule has 3 aromatic carbocycles. The number of ketones is 1. The molecule has 3 N–H and O–H groups in total. The average molecular weight is 666 g/mol. The lowest BCUT2D eigenvalue weighted by molar-refractivity contribution is 0.0920. The van der Waals surface area contributed by atoms with Gasteiger partial charge in [-0.05, 0) is 103 Å². The lowest BCUT2D eigenvalue weighted by Crippen LogP contribution is -2.33. The van der Waals surface area contributed by atoms with E-state index < -0.39 is 0 Å². The Morgan fingerprint density at radius 1 is 0.915 bits per heavy atom. The molecule has 7 nitrogen and oxygen atoms in total. The molecule has 0 aliphatic carbocycles. The van der Waals surface area contributed by atoms with E-state index in [1.165, 1.54) is 11.3 Å². The molecule has 1 aliphatic heterocycles. The highest BCUT2D eigenvalue weighted by Crippen LogP contribution is 2.37. The minimum atomic E-state index is -0.370. The number of hydrogen-bond donors (Lipinski definition) is 3. The monoisotopic (exact) mass is 665 g/mol. The minimum absolute atomic E-state index is 0.139. The Balaban J connectivity index is 1.20. The zero-order chi connectivity index (χ0) is 33.1. The number of aryl methyl sites for hydroxylation is 1. The van der Waals surface area contributed by atoms with Crippen molar-refractivity contribution in [2.45, 2.75) is 51.9 Å². The predicted octanol–water partition coefficient (Wildman–Crippen LogP) is 9.47. The quantitative estimate of drug-likeness (QED) is 0.144. The molecule has 1 unspecified atom stereocenters. The first kappa shape index (κ1) is 32.7. The van der Waals surface area contributed by atoms with Crippen LogP contribution in [0, 0.1) is 12.8 Å². The van der Waals surface area contributed by atoms with Gasteiger partial charge < -0.3 is 10.6 Å². The number of carbonyl (C=O) groups is 2. The van der Waals surface area contributed by atoms with Crippen molar-refractivity contribution in [2.24, 2.45) is 5.92 Å². The van der Waals surface area contributed by atoms with E-state index in [0.29, 0.717) is 16.5 Å². The van der Waals surface area contributed by atoms with Gasteiger partial charge in [0.2, 0.25) is 0 Å². The van der Waals surface area contributed by atoms with Crippen molar-refractivity contribution in [3.63, 3.8) is 0 Å². The van der Waals surface area contributed by atoms with Gasteiger partial charge in [0.15, 0.2) is 5.78 Å². The molecule has 2 amide bonds.